The van der Waals surface area contributed by atoms with Crippen LogP contribution in [0.3, 0.4) is 0 Å². The average molecular weight is 424 g/mol. The van der Waals surface area contributed by atoms with E-state index in [9.17, 15) is 4.79 Å². The van der Waals surface area contributed by atoms with Crippen molar-refractivity contribution in [2.24, 2.45) is 7.05 Å². The Hall–Kier alpha value is -2.35. The van der Waals surface area contributed by atoms with E-state index < -0.39 is 0 Å². The fraction of sp³-hybridized carbons (Fsp3) is 0.316. The number of aryl methyl sites for hydroxylation is 1. The van der Waals surface area contributed by atoms with E-state index in [4.69, 9.17) is 4.74 Å². The zero-order valence-electron chi connectivity index (χ0n) is 15.7. The lowest BCUT2D eigenvalue weighted by atomic mass is 10.1. The predicted octanol–water partition coefficient (Wildman–Crippen LogP) is 2.61. The van der Waals surface area contributed by atoms with Crippen LogP contribution in [0.25, 0.3) is 10.9 Å². The Kier molecular flexibility index (Phi) is 7.23. The molecule has 1 aromatic carbocycles. The second-order valence-electron chi connectivity index (χ2n) is 6.37. The van der Waals surface area contributed by atoms with E-state index >= 15 is 0 Å². The number of ether oxygens (including phenoxy) is 1. The first kappa shape index (κ1) is 21.9. The molecule has 1 aliphatic rings. The van der Waals surface area contributed by atoms with Gasteiger partial charge in [0.05, 0.1) is 12.6 Å². The van der Waals surface area contributed by atoms with Crippen molar-refractivity contribution in [1.82, 2.24) is 24.8 Å². The minimum atomic E-state index is -0.107. The minimum Gasteiger partial charge on any atom is -0.497 e. The number of halogens is 2. The minimum absolute atomic E-state index is 0. The number of pyridine rings is 1. The van der Waals surface area contributed by atoms with Gasteiger partial charge in [-0.3, -0.25) is 4.79 Å². The fourth-order valence-corrected chi connectivity index (χ4v) is 3.37. The summed E-state index contributed by atoms with van der Waals surface area (Å²) in [4.78, 5) is 24.0. The molecule has 2 aromatic heterocycles. The van der Waals surface area contributed by atoms with E-state index in [0.717, 1.165) is 29.0 Å². The highest BCUT2D eigenvalue weighted by Crippen LogP contribution is 2.24. The van der Waals surface area contributed by atoms with Gasteiger partial charge in [0.1, 0.15) is 23.3 Å². The molecular formula is C19H23Cl2N5O2. The van der Waals surface area contributed by atoms with Gasteiger partial charge in [-0.2, -0.15) is 0 Å². The molecule has 1 amide bonds. The van der Waals surface area contributed by atoms with Crippen LogP contribution in [0.15, 0.2) is 42.7 Å². The molecule has 1 atom stereocenters. The van der Waals surface area contributed by atoms with Crippen LogP contribution in [0.1, 0.15) is 22.4 Å². The number of hydrogen-bond acceptors (Lipinski definition) is 5. The molecule has 1 unspecified atom stereocenters. The number of aromatic nitrogens is 3. The molecule has 0 spiro atoms. The number of imidazole rings is 1. The maximum Gasteiger partial charge on any atom is 0.273 e. The number of nitrogens with one attached hydrogen (secondary N) is 1. The van der Waals surface area contributed by atoms with Gasteiger partial charge >= 0.3 is 0 Å². The Morgan fingerprint density at radius 3 is 2.79 bits per heavy atom. The maximum atomic E-state index is 13.2. The number of amides is 1. The molecule has 1 aliphatic heterocycles. The van der Waals surface area contributed by atoms with Crippen LogP contribution in [0.2, 0.25) is 0 Å². The van der Waals surface area contributed by atoms with E-state index in [1.54, 1.807) is 19.4 Å². The van der Waals surface area contributed by atoms with Crippen molar-refractivity contribution < 1.29 is 9.53 Å². The summed E-state index contributed by atoms with van der Waals surface area (Å²) < 4.78 is 7.20. The second kappa shape index (κ2) is 9.23. The van der Waals surface area contributed by atoms with Crippen LogP contribution in [-0.4, -0.2) is 52.1 Å². The van der Waals surface area contributed by atoms with Gasteiger partial charge in [-0.15, -0.1) is 24.8 Å². The molecular weight excluding hydrogens is 401 g/mol. The van der Waals surface area contributed by atoms with Crippen molar-refractivity contribution in [2.45, 2.75) is 6.04 Å². The summed E-state index contributed by atoms with van der Waals surface area (Å²) in [6, 6.07) is 9.23. The molecule has 3 heterocycles. The van der Waals surface area contributed by atoms with E-state index in [0.29, 0.717) is 18.8 Å². The molecule has 4 rings (SSSR count). The summed E-state index contributed by atoms with van der Waals surface area (Å²) in [6.07, 6.45) is 3.66. The molecule has 150 valence electrons. The van der Waals surface area contributed by atoms with Crippen molar-refractivity contribution in [3.05, 3.63) is 54.2 Å². The highest BCUT2D eigenvalue weighted by molar-refractivity contribution is 5.95. The molecule has 7 nitrogen and oxygen atoms in total. The quantitative estimate of drug-likeness (QED) is 0.700. The summed E-state index contributed by atoms with van der Waals surface area (Å²) in [5, 5.41) is 4.29. The first-order valence-electron chi connectivity index (χ1n) is 8.61. The third-order valence-corrected chi connectivity index (χ3v) is 4.78. The topological polar surface area (TPSA) is 72.3 Å². The summed E-state index contributed by atoms with van der Waals surface area (Å²) in [6.45, 7) is 2.07. The van der Waals surface area contributed by atoms with Gasteiger partial charge in [0.2, 0.25) is 0 Å². The Bertz CT molecular complexity index is 962. The van der Waals surface area contributed by atoms with Crippen molar-refractivity contribution in [2.75, 3.05) is 26.7 Å². The van der Waals surface area contributed by atoms with Gasteiger partial charge in [0.25, 0.3) is 5.91 Å². The maximum absolute atomic E-state index is 13.2. The molecule has 1 saturated heterocycles. The van der Waals surface area contributed by atoms with E-state index in [2.05, 4.69) is 15.3 Å². The zero-order valence-corrected chi connectivity index (χ0v) is 17.3. The number of hydrogen-bond donors (Lipinski definition) is 1. The number of methoxy groups -OCH3 is 1. The third-order valence-electron chi connectivity index (χ3n) is 4.78. The van der Waals surface area contributed by atoms with Crippen molar-refractivity contribution >= 4 is 41.6 Å². The Balaban J connectivity index is 0.00000140. The molecule has 1 N–H and O–H groups in total. The van der Waals surface area contributed by atoms with E-state index in [1.165, 1.54) is 0 Å². The van der Waals surface area contributed by atoms with Crippen LogP contribution in [-0.2, 0) is 7.05 Å². The standard InChI is InChI=1S/C19H21N5O2.2ClH/c1-23-9-8-21-18(23)17-12-20-7-10-24(17)19(25)16-5-3-13-11-14(26-2)4-6-15(13)22-16;;/h3-6,8-9,11,17,20H,7,10,12H2,1-2H3;2*1H. The Labute approximate surface area is 175 Å². The number of nitrogens with zero attached hydrogens (tertiary/aromatic N) is 4. The number of rotatable bonds is 3. The van der Waals surface area contributed by atoms with Gasteiger partial charge in [-0.05, 0) is 24.3 Å². The molecule has 0 bridgehead atoms. The first-order chi connectivity index (χ1) is 12.7. The molecule has 9 heteroatoms. The van der Waals surface area contributed by atoms with Gasteiger partial charge < -0.3 is 19.5 Å². The SMILES string of the molecule is COc1ccc2nc(C(=O)N3CCNCC3c3nccn3C)ccc2c1.Cl.Cl. The van der Waals surface area contributed by atoms with Crippen molar-refractivity contribution in [3.8, 4) is 5.75 Å². The predicted molar refractivity (Wildman–Crippen MR) is 113 cm³/mol. The summed E-state index contributed by atoms with van der Waals surface area (Å²) >= 11 is 0. The number of fused-ring (bicyclic) bond motifs is 1. The third kappa shape index (κ3) is 4.06. The molecule has 0 aliphatic carbocycles. The lowest BCUT2D eigenvalue weighted by molar-refractivity contribution is 0.0615. The zero-order chi connectivity index (χ0) is 18.1. The first-order valence-corrected chi connectivity index (χ1v) is 8.61. The summed E-state index contributed by atoms with van der Waals surface area (Å²) in [5.74, 6) is 1.57. The Morgan fingerprint density at radius 1 is 1.25 bits per heavy atom. The summed E-state index contributed by atoms with van der Waals surface area (Å²) in [5.41, 5.74) is 1.23. The van der Waals surface area contributed by atoms with Crippen molar-refractivity contribution in [1.29, 1.82) is 0 Å². The smallest absolute Gasteiger partial charge is 0.273 e. The molecule has 3 aromatic rings. The lowest BCUT2D eigenvalue weighted by Gasteiger charge is -2.35. The Morgan fingerprint density at radius 2 is 2.07 bits per heavy atom. The van der Waals surface area contributed by atoms with Crippen LogP contribution < -0.4 is 10.1 Å². The number of carbonyl (C=O) groups is 1. The second-order valence-corrected chi connectivity index (χ2v) is 6.37. The van der Waals surface area contributed by atoms with Crippen LogP contribution >= 0.6 is 24.8 Å². The van der Waals surface area contributed by atoms with Crippen molar-refractivity contribution in [3.63, 3.8) is 0 Å². The largest absolute Gasteiger partial charge is 0.497 e. The molecule has 0 saturated carbocycles. The highest BCUT2D eigenvalue weighted by Gasteiger charge is 2.31. The van der Waals surface area contributed by atoms with Crippen LogP contribution in [0.4, 0.5) is 0 Å². The van der Waals surface area contributed by atoms with Gasteiger partial charge in [-0.1, -0.05) is 6.07 Å². The summed E-state index contributed by atoms with van der Waals surface area (Å²) in [7, 11) is 3.58. The van der Waals surface area contributed by atoms with E-state index in [-0.39, 0.29) is 36.8 Å². The molecule has 28 heavy (non-hydrogen) atoms. The monoisotopic (exact) mass is 423 g/mol. The number of piperazine rings is 1. The van der Waals surface area contributed by atoms with Gasteiger partial charge in [0, 0.05) is 44.5 Å². The normalized spacial score (nSPS) is 16.2. The molecule has 1 fully saturated rings. The lowest BCUT2D eigenvalue weighted by Crippen LogP contribution is -2.49. The van der Waals surface area contributed by atoms with Gasteiger partial charge in [-0.25, -0.2) is 9.97 Å². The van der Waals surface area contributed by atoms with E-state index in [1.807, 2.05) is 47.0 Å². The fourth-order valence-electron chi connectivity index (χ4n) is 3.37. The number of carbonyl (C=O) groups excluding carboxylic acids is 1. The van der Waals surface area contributed by atoms with Gasteiger partial charge in [0.15, 0.2) is 0 Å². The number of benzene rings is 1. The average Bonchev–Trinajstić information content (AvgIpc) is 3.12. The highest BCUT2D eigenvalue weighted by atomic mass is 35.5. The van der Waals surface area contributed by atoms with Crippen LogP contribution in [0.5, 0.6) is 5.75 Å². The molecule has 0 radical (unpaired) electrons. The van der Waals surface area contributed by atoms with Crippen LogP contribution in [0, 0.1) is 0 Å².